The number of hydrogen-bond acceptors (Lipinski definition) is 5. The summed E-state index contributed by atoms with van der Waals surface area (Å²) in [7, 11) is 0. The molecular weight excluding hydrogens is 394 g/mol. The Labute approximate surface area is 181 Å². The van der Waals surface area contributed by atoms with E-state index < -0.39 is 6.10 Å². The SMILES string of the molecule is OC1C(NCc2ccc(-c3ccccc3)cc2)C2COC(O2)C1Sc1ccccc1. The third-order valence-electron chi connectivity index (χ3n) is 5.73. The van der Waals surface area contributed by atoms with Crippen molar-refractivity contribution in [2.24, 2.45) is 0 Å². The van der Waals surface area contributed by atoms with Crippen molar-refractivity contribution in [1.82, 2.24) is 5.32 Å². The van der Waals surface area contributed by atoms with Crippen molar-refractivity contribution < 1.29 is 14.6 Å². The number of ether oxygens (including phenoxy) is 2. The van der Waals surface area contributed by atoms with Crippen LogP contribution in [0.3, 0.4) is 0 Å². The predicted molar refractivity (Wildman–Crippen MR) is 119 cm³/mol. The fourth-order valence-electron chi connectivity index (χ4n) is 4.10. The number of aliphatic hydroxyl groups is 1. The second kappa shape index (κ2) is 8.92. The van der Waals surface area contributed by atoms with Gasteiger partial charge in [-0.05, 0) is 28.8 Å². The van der Waals surface area contributed by atoms with E-state index in [9.17, 15) is 5.11 Å². The van der Waals surface area contributed by atoms with E-state index in [2.05, 4.69) is 66.0 Å². The van der Waals surface area contributed by atoms with Crippen LogP contribution >= 0.6 is 11.8 Å². The van der Waals surface area contributed by atoms with Crippen molar-refractivity contribution in [2.45, 2.75) is 41.2 Å². The summed E-state index contributed by atoms with van der Waals surface area (Å²) in [6.07, 6.45) is -1.04. The van der Waals surface area contributed by atoms with Crippen LogP contribution in [-0.2, 0) is 16.0 Å². The summed E-state index contributed by atoms with van der Waals surface area (Å²) in [6.45, 7) is 1.18. The topological polar surface area (TPSA) is 50.7 Å². The largest absolute Gasteiger partial charge is 0.390 e. The minimum Gasteiger partial charge on any atom is -0.390 e. The lowest BCUT2D eigenvalue weighted by atomic mass is 9.99. The molecule has 154 valence electrons. The maximum Gasteiger partial charge on any atom is 0.172 e. The number of benzene rings is 3. The molecular formula is C25H25NO3S. The highest BCUT2D eigenvalue weighted by Crippen LogP contribution is 2.38. The lowest BCUT2D eigenvalue weighted by Gasteiger charge is -2.38. The monoisotopic (exact) mass is 419 g/mol. The molecule has 4 nitrogen and oxygen atoms in total. The lowest BCUT2D eigenvalue weighted by Crippen LogP contribution is -2.58. The van der Waals surface area contributed by atoms with Crippen molar-refractivity contribution >= 4 is 11.8 Å². The molecule has 30 heavy (non-hydrogen) atoms. The smallest absolute Gasteiger partial charge is 0.172 e. The second-order valence-corrected chi connectivity index (χ2v) is 8.98. The van der Waals surface area contributed by atoms with Gasteiger partial charge in [-0.25, -0.2) is 0 Å². The van der Waals surface area contributed by atoms with E-state index in [1.54, 1.807) is 11.8 Å². The van der Waals surface area contributed by atoms with E-state index >= 15 is 0 Å². The number of hydrogen-bond donors (Lipinski definition) is 2. The first-order chi connectivity index (χ1) is 14.8. The molecule has 0 radical (unpaired) electrons. The van der Waals surface area contributed by atoms with Gasteiger partial charge in [-0.2, -0.15) is 0 Å². The van der Waals surface area contributed by atoms with Gasteiger partial charge in [-0.1, -0.05) is 72.8 Å². The van der Waals surface area contributed by atoms with E-state index in [-0.39, 0.29) is 23.7 Å². The van der Waals surface area contributed by atoms with Crippen LogP contribution in [0.1, 0.15) is 5.56 Å². The Morgan fingerprint density at radius 2 is 1.53 bits per heavy atom. The molecule has 5 atom stereocenters. The highest BCUT2D eigenvalue weighted by atomic mass is 32.2. The fraction of sp³-hybridized carbons (Fsp3) is 0.280. The first kappa shape index (κ1) is 19.8. The zero-order valence-corrected chi connectivity index (χ0v) is 17.4. The molecule has 0 aromatic heterocycles. The number of thioether (sulfide) groups is 1. The molecule has 2 aliphatic heterocycles. The van der Waals surface area contributed by atoms with Gasteiger partial charge in [-0.15, -0.1) is 11.8 Å². The van der Waals surface area contributed by atoms with Crippen molar-refractivity contribution in [3.8, 4) is 11.1 Å². The first-order valence-corrected chi connectivity index (χ1v) is 11.2. The van der Waals surface area contributed by atoms with Crippen molar-refractivity contribution in [3.63, 3.8) is 0 Å². The Balaban J connectivity index is 1.25. The van der Waals surface area contributed by atoms with E-state index in [0.717, 1.165) is 4.90 Å². The van der Waals surface area contributed by atoms with Crippen LogP contribution in [-0.4, -0.2) is 41.5 Å². The van der Waals surface area contributed by atoms with Gasteiger partial charge in [0.05, 0.1) is 24.0 Å². The van der Waals surface area contributed by atoms with Gasteiger partial charge in [0, 0.05) is 11.4 Å². The third kappa shape index (κ3) is 4.17. The molecule has 5 unspecified atom stereocenters. The zero-order chi connectivity index (χ0) is 20.3. The molecule has 5 heteroatoms. The average molecular weight is 420 g/mol. The maximum absolute atomic E-state index is 11.1. The Bertz CT molecular complexity index is 951. The van der Waals surface area contributed by atoms with Crippen molar-refractivity contribution in [3.05, 3.63) is 90.5 Å². The van der Waals surface area contributed by atoms with Crippen LogP contribution in [0.25, 0.3) is 11.1 Å². The van der Waals surface area contributed by atoms with Crippen LogP contribution in [0.15, 0.2) is 89.8 Å². The summed E-state index contributed by atoms with van der Waals surface area (Å²) in [5, 5.41) is 14.5. The summed E-state index contributed by atoms with van der Waals surface area (Å²) in [5.74, 6) is 0. The zero-order valence-electron chi connectivity index (χ0n) is 16.6. The standard InChI is InChI=1S/C25H25NO3S/c27-23-22(21-16-28-25(29-21)24(23)30-20-9-5-2-6-10-20)26-15-17-11-13-19(14-12-17)18-7-3-1-4-8-18/h1-14,21-27H,15-16H2. The minimum absolute atomic E-state index is 0.124. The van der Waals surface area contributed by atoms with Crippen molar-refractivity contribution in [2.75, 3.05) is 6.61 Å². The highest BCUT2D eigenvalue weighted by molar-refractivity contribution is 8.00. The van der Waals surface area contributed by atoms with Crippen LogP contribution < -0.4 is 5.32 Å². The predicted octanol–water partition coefficient (Wildman–Crippen LogP) is 4.09. The Morgan fingerprint density at radius 1 is 0.867 bits per heavy atom. The number of aliphatic hydroxyl groups excluding tert-OH is 1. The summed E-state index contributed by atoms with van der Waals surface area (Å²) < 4.78 is 11.9. The van der Waals surface area contributed by atoms with Gasteiger partial charge in [0.25, 0.3) is 0 Å². The van der Waals surface area contributed by atoms with Crippen LogP contribution in [0.4, 0.5) is 0 Å². The van der Waals surface area contributed by atoms with Gasteiger partial charge in [0.2, 0.25) is 0 Å². The molecule has 3 aromatic rings. The van der Waals surface area contributed by atoms with Crippen LogP contribution in [0.5, 0.6) is 0 Å². The molecule has 2 fully saturated rings. The molecule has 5 rings (SSSR count). The van der Waals surface area contributed by atoms with Crippen LogP contribution in [0.2, 0.25) is 0 Å². The molecule has 0 saturated carbocycles. The fourth-order valence-corrected chi connectivity index (χ4v) is 5.29. The molecule has 0 aliphatic carbocycles. The first-order valence-electron chi connectivity index (χ1n) is 10.3. The van der Waals surface area contributed by atoms with E-state index in [1.807, 2.05) is 24.3 Å². The summed E-state index contributed by atoms with van der Waals surface area (Å²) >= 11 is 1.62. The second-order valence-electron chi connectivity index (χ2n) is 7.73. The highest BCUT2D eigenvalue weighted by Gasteiger charge is 2.50. The molecule has 2 aliphatic rings. The molecule has 0 spiro atoms. The normalized spacial score (nSPS) is 27.8. The number of fused-ring (bicyclic) bond motifs is 2. The molecule has 0 amide bonds. The summed E-state index contributed by atoms with van der Waals surface area (Å²) in [6, 6.07) is 28.9. The summed E-state index contributed by atoms with van der Waals surface area (Å²) in [4.78, 5) is 1.11. The van der Waals surface area contributed by atoms with E-state index in [4.69, 9.17) is 9.47 Å². The molecule has 2 heterocycles. The number of nitrogens with one attached hydrogen (secondary N) is 1. The van der Waals surface area contributed by atoms with Crippen LogP contribution in [0, 0.1) is 0 Å². The Hall–Kier alpha value is -2.15. The van der Waals surface area contributed by atoms with Gasteiger partial charge in [0.15, 0.2) is 6.29 Å². The molecule has 2 N–H and O–H groups in total. The van der Waals surface area contributed by atoms with Gasteiger partial charge in [-0.3, -0.25) is 0 Å². The quantitative estimate of drug-likeness (QED) is 0.630. The van der Waals surface area contributed by atoms with Gasteiger partial charge < -0.3 is 19.9 Å². The summed E-state index contributed by atoms with van der Waals surface area (Å²) in [5.41, 5.74) is 3.59. The van der Waals surface area contributed by atoms with E-state index in [0.29, 0.717) is 13.2 Å². The number of rotatable bonds is 6. The lowest BCUT2D eigenvalue weighted by molar-refractivity contribution is -0.123. The molecule has 2 saturated heterocycles. The Kier molecular flexibility index (Phi) is 5.88. The third-order valence-corrected chi connectivity index (χ3v) is 7.04. The molecule has 2 bridgehead atoms. The average Bonchev–Trinajstić information content (AvgIpc) is 3.24. The van der Waals surface area contributed by atoms with Gasteiger partial charge in [0.1, 0.15) is 6.10 Å². The maximum atomic E-state index is 11.1. The Morgan fingerprint density at radius 3 is 2.27 bits per heavy atom. The van der Waals surface area contributed by atoms with E-state index in [1.165, 1.54) is 16.7 Å². The molecule has 3 aromatic carbocycles. The van der Waals surface area contributed by atoms with Gasteiger partial charge >= 0.3 is 0 Å². The minimum atomic E-state index is -0.551. The van der Waals surface area contributed by atoms with Crippen molar-refractivity contribution in [1.29, 1.82) is 0 Å².